The third-order valence-corrected chi connectivity index (χ3v) is 5.20. The first-order chi connectivity index (χ1) is 9.28. The summed E-state index contributed by atoms with van der Waals surface area (Å²) in [6.45, 7) is 1.33. The summed E-state index contributed by atoms with van der Waals surface area (Å²) in [5.74, 6) is 0.149. The highest BCUT2D eigenvalue weighted by molar-refractivity contribution is 7.14. The minimum atomic E-state index is 0.149. The number of hydrogen-bond acceptors (Lipinski definition) is 4. The van der Waals surface area contributed by atoms with Gasteiger partial charge in [0.25, 0.3) is 5.91 Å². The number of rotatable bonds is 1. The van der Waals surface area contributed by atoms with Gasteiger partial charge in [-0.1, -0.05) is 5.16 Å². The smallest absolute Gasteiger partial charge is 0.263 e. The van der Waals surface area contributed by atoms with Crippen molar-refractivity contribution in [3.05, 3.63) is 21.4 Å². The van der Waals surface area contributed by atoms with E-state index in [-0.39, 0.29) is 5.91 Å². The second kappa shape index (κ2) is 5.33. The summed E-state index contributed by atoms with van der Waals surface area (Å²) in [7, 11) is 0. The molecule has 0 aromatic carbocycles. The summed E-state index contributed by atoms with van der Waals surface area (Å²) in [6, 6.07) is 2.09. The molecule has 1 aliphatic carbocycles. The normalized spacial score (nSPS) is 19.2. The van der Waals surface area contributed by atoms with E-state index in [2.05, 4.69) is 11.2 Å². The third kappa shape index (κ3) is 2.52. The highest BCUT2D eigenvalue weighted by atomic mass is 32.1. The number of piperidine rings is 1. The number of likely N-dealkylation sites (tertiary alicyclic amines) is 1. The molecule has 0 atom stereocenters. The van der Waals surface area contributed by atoms with Gasteiger partial charge in [-0.3, -0.25) is 4.79 Å². The summed E-state index contributed by atoms with van der Waals surface area (Å²) in [5, 5.41) is 12.0. The SMILES string of the molecule is O=C(c1cc2c(s1)CCCC2)N1CCC(=NO)CC1. The predicted octanol–water partition coefficient (Wildman–Crippen LogP) is 2.69. The first kappa shape index (κ1) is 12.7. The second-order valence-electron chi connectivity index (χ2n) is 5.22. The molecule has 1 aliphatic heterocycles. The van der Waals surface area contributed by atoms with Gasteiger partial charge in [0.05, 0.1) is 10.6 Å². The standard InChI is InChI=1S/C14H18N2O2S/c17-14(16-7-5-11(15-18)6-8-16)13-9-10-3-1-2-4-12(10)19-13/h9,18H,1-8H2. The minimum Gasteiger partial charge on any atom is -0.411 e. The van der Waals surface area contributed by atoms with E-state index in [0.29, 0.717) is 25.9 Å². The molecular weight excluding hydrogens is 260 g/mol. The van der Waals surface area contributed by atoms with Crippen LogP contribution >= 0.6 is 11.3 Å². The Labute approximate surface area is 116 Å². The van der Waals surface area contributed by atoms with E-state index >= 15 is 0 Å². The largest absolute Gasteiger partial charge is 0.411 e. The lowest BCUT2D eigenvalue weighted by Gasteiger charge is -2.26. The average molecular weight is 278 g/mol. The predicted molar refractivity (Wildman–Crippen MR) is 75.3 cm³/mol. The fraction of sp³-hybridized carbons (Fsp3) is 0.571. The fourth-order valence-corrected chi connectivity index (χ4v) is 4.04. The molecule has 0 radical (unpaired) electrons. The molecule has 102 valence electrons. The van der Waals surface area contributed by atoms with Crippen molar-refractivity contribution in [2.75, 3.05) is 13.1 Å². The lowest BCUT2D eigenvalue weighted by atomic mass is 9.99. The molecular formula is C14H18N2O2S. The highest BCUT2D eigenvalue weighted by Gasteiger charge is 2.24. The third-order valence-electron chi connectivity index (χ3n) is 3.98. The summed E-state index contributed by atoms with van der Waals surface area (Å²) in [5.41, 5.74) is 2.18. The van der Waals surface area contributed by atoms with Gasteiger partial charge in [0.2, 0.25) is 0 Å². The maximum absolute atomic E-state index is 12.4. The molecule has 0 spiro atoms. The van der Waals surface area contributed by atoms with Gasteiger partial charge < -0.3 is 10.1 Å². The molecule has 4 nitrogen and oxygen atoms in total. The van der Waals surface area contributed by atoms with E-state index in [1.165, 1.54) is 23.3 Å². The lowest BCUT2D eigenvalue weighted by molar-refractivity contribution is 0.0758. The summed E-state index contributed by atoms with van der Waals surface area (Å²) < 4.78 is 0. The van der Waals surface area contributed by atoms with Gasteiger partial charge in [0, 0.05) is 30.8 Å². The Kier molecular flexibility index (Phi) is 3.55. The van der Waals surface area contributed by atoms with Gasteiger partial charge in [-0.2, -0.15) is 0 Å². The van der Waals surface area contributed by atoms with Crippen LogP contribution in [0.1, 0.15) is 45.8 Å². The molecule has 1 aromatic heterocycles. The van der Waals surface area contributed by atoms with Crippen molar-refractivity contribution in [1.29, 1.82) is 0 Å². The Morgan fingerprint density at radius 2 is 1.95 bits per heavy atom. The molecule has 1 fully saturated rings. The van der Waals surface area contributed by atoms with Crippen LogP contribution in [0.15, 0.2) is 11.2 Å². The van der Waals surface area contributed by atoms with Crippen LogP contribution in [0.4, 0.5) is 0 Å². The number of carbonyl (C=O) groups is 1. The molecule has 2 heterocycles. The molecule has 19 heavy (non-hydrogen) atoms. The lowest BCUT2D eigenvalue weighted by Crippen LogP contribution is -2.38. The quantitative estimate of drug-likeness (QED) is 0.634. The van der Waals surface area contributed by atoms with Gasteiger partial charge >= 0.3 is 0 Å². The van der Waals surface area contributed by atoms with Crippen molar-refractivity contribution in [3.63, 3.8) is 0 Å². The number of hydrogen-bond donors (Lipinski definition) is 1. The van der Waals surface area contributed by atoms with E-state index in [1.807, 2.05) is 4.90 Å². The Hall–Kier alpha value is -1.36. The molecule has 0 bridgehead atoms. The van der Waals surface area contributed by atoms with Crippen LogP contribution < -0.4 is 0 Å². The number of thiophene rings is 1. The molecule has 0 saturated carbocycles. The van der Waals surface area contributed by atoms with Crippen molar-refractivity contribution in [2.45, 2.75) is 38.5 Å². The number of amides is 1. The minimum absolute atomic E-state index is 0.149. The van der Waals surface area contributed by atoms with Crippen molar-refractivity contribution in [1.82, 2.24) is 4.90 Å². The van der Waals surface area contributed by atoms with Gasteiger partial charge in [0.15, 0.2) is 0 Å². The van der Waals surface area contributed by atoms with Crippen molar-refractivity contribution in [2.24, 2.45) is 5.16 Å². The zero-order valence-electron chi connectivity index (χ0n) is 10.9. The van der Waals surface area contributed by atoms with Crippen LogP contribution in [0.25, 0.3) is 0 Å². The van der Waals surface area contributed by atoms with E-state index in [4.69, 9.17) is 5.21 Å². The van der Waals surface area contributed by atoms with Crippen LogP contribution in [0, 0.1) is 0 Å². The molecule has 1 N–H and O–H groups in total. The molecule has 2 aliphatic rings. The maximum atomic E-state index is 12.4. The second-order valence-corrected chi connectivity index (χ2v) is 6.36. The van der Waals surface area contributed by atoms with Crippen LogP contribution in [-0.2, 0) is 12.8 Å². The van der Waals surface area contributed by atoms with Crippen molar-refractivity contribution in [3.8, 4) is 0 Å². The maximum Gasteiger partial charge on any atom is 0.263 e. The van der Waals surface area contributed by atoms with E-state index in [9.17, 15) is 4.79 Å². The van der Waals surface area contributed by atoms with Crippen molar-refractivity contribution >= 4 is 23.0 Å². The zero-order valence-corrected chi connectivity index (χ0v) is 11.7. The molecule has 3 rings (SSSR count). The topological polar surface area (TPSA) is 52.9 Å². The van der Waals surface area contributed by atoms with Crippen LogP contribution in [-0.4, -0.2) is 34.8 Å². The Bertz CT molecular complexity index is 488. The molecule has 1 aromatic rings. The van der Waals surface area contributed by atoms with Crippen LogP contribution in [0.2, 0.25) is 0 Å². The number of oxime groups is 1. The monoisotopic (exact) mass is 278 g/mol. The van der Waals surface area contributed by atoms with E-state index < -0.39 is 0 Å². The first-order valence-corrected chi connectivity index (χ1v) is 7.70. The molecule has 1 amide bonds. The van der Waals surface area contributed by atoms with E-state index in [1.54, 1.807) is 11.3 Å². The van der Waals surface area contributed by atoms with E-state index in [0.717, 1.165) is 23.4 Å². The Balaban J connectivity index is 1.72. The Morgan fingerprint density at radius 1 is 1.21 bits per heavy atom. The Morgan fingerprint density at radius 3 is 2.63 bits per heavy atom. The molecule has 1 saturated heterocycles. The molecule has 0 unspecified atom stereocenters. The summed E-state index contributed by atoms with van der Waals surface area (Å²) >= 11 is 1.67. The highest BCUT2D eigenvalue weighted by Crippen LogP contribution is 2.30. The van der Waals surface area contributed by atoms with Crippen molar-refractivity contribution < 1.29 is 10.0 Å². The van der Waals surface area contributed by atoms with Gasteiger partial charge in [-0.15, -0.1) is 11.3 Å². The average Bonchev–Trinajstić information content (AvgIpc) is 2.90. The first-order valence-electron chi connectivity index (χ1n) is 6.88. The van der Waals surface area contributed by atoms with Crippen LogP contribution in [0.3, 0.4) is 0 Å². The van der Waals surface area contributed by atoms with Gasteiger partial charge in [-0.25, -0.2) is 0 Å². The zero-order chi connectivity index (χ0) is 13.2. The number of carbonyl (C=O) groups excluding carboxylic acids is 1. The number of fused-ring (bicyclic) bond motifs is 1. The molecule has 5 heteroatoms. The van der Waals surface area contributed by atoms with Crippen LogP contribution in [0.5, 0.6) is 0 Å². The summed E-state index contributed by atoms with van der Waals surface area (Å²) in [4.78, 5) is 16.6. The number of nitrogens with zero attached hydrogens (tertiary/aromatic N) is 2. The van der Waals surface area contributed by atoms with Gasteiger partial charge in [0.1, 0.15) is 0 Å². The summed E-state index contributed by atoms with van der Waals surface area (Å²) in [6.07, 6.45) is 6.13. The fourth-order valence-electron chi connectivity index (χ4n) is 2.82. The number of aryl methyl sites for hydroxylation is 2. The van der Waals surface area contributed by atoms with Gasteiger partial charge in [-0.05, 0) is 37.3 Å².